The predicted molar refractivity (Wildman–Crippen MR) is 81.2 cm³/mol. The van der Waals surface area contributed by atoms with Crippen molar-refractivity contribution in [3.8, 4) is 11.4 Å². The second-order valence-corrected chi connectivity index (χ2v) is 6.06. The van der Waals surface area contributed by atoms with E-state index < -0.39 is 0 Å². The Morgan fingerprint density at radius 1 is 1.10 bits per heavy atom. The number of H-pyrrole nitrogens is 1. The smallest absolute Gasteiger partial charge is 0.139 e. The van der Waals surface area contributed by atoms with Crippen LogP contribution in [0.5, 0.6) is 0 Å². The van der Waals surface area contributed by atoms with Crippen LogP contribution in [0.2, 0.25) is 0 Å². The van der Waals surface area contributed by atoms with Crippen molar-refractivity contribution in [3.05, 3.63) is 51.7 Å². The molecule has 3 aromatic rings. The first-order chi connectivity index (χ1) is 9.70. The maximum atomic E-state index is 13.5. The summed E-state index contributed by atoms with van der Waals surface area (Å²) in [4.78, 5) is 7.76. The molecule has 4 rings (SSSR count). The van der Waals surface area contributed by atoms with Gasteiger partial charge in [-0.2, -0.15) is 0 Å². The van der Waals surface area contributed by atoms with E-state index >= 15 is 0 Å². The van der Waals surface area contributed by atoms with E-state index in [0.717, 1.165) is 28.8 Å². The molecule has 2 nitrogen and oxygen atoms in total. The highest BCUT2D eigenvalue weighted by molar-refractivity contribution is 9.10. The van der Waals surface area contributed by atoms with Gasteiger partial charge in [-0.05, 0) is 58.5 Å². The molecule has 1 aliphatic carbocycles. The number of fused-ring (bicyclic) bond motifs is 2. The quantitative estimate of drug-likeness (QED) is 0.692. The molecule has 0 bridgehead atoms. The highest BCUT2D eigenvalue weighted by Gasteiger charge is 2.13. The molecule has 1 aliphatic rings. The topological polar surface area (TPSA) is 28.7 Å². The largest absolute Gasteiger partial charge is 0.338 e. The van der Waals surface area contributed by atoms with Crippen molar-refractivity contribution in [2.24, 2.45) is 0 Å². The molecular weight excluding hydrogens is 319 g/mol. The first kappa shape index (κ1) is 12.1. The molecule has 2 aromatic carbocycles. The maximum absolute atomic E-state index is 13.5. The van der Waals surface area contributed by atoms with Crippen LogP contribution in [0.1, 0.15) is 17.5 Å². The molecule has 0 radical (unpaired) electrons. The van der Waals surface area contributed by atoms with Crippen LogP contribution in [0.3, 0.4) is 0 Å². The van der Waals surface area contributed by atoms with Gasteiger partial charge in [0.25, 0.3) is 0 Å². The van der Waals surface area contributed by atoms with Gasteiger partial charge in [-0.1, -0.05) is 12.1 Å². The lowest BCUT2D eigenvalue weighted by Crippen LogP contribution is -1.85. The number of nitrogens with one attached hydrogen (secondary N) is 1. The zero-order chi connectivity index (χ0) is 13.7. The average molecular weight is 331 g/mol. The van der Waals surface area contributed by atoms with Crippen molar-refractivity contribution in [1.82, 2.24) is 9.97 Å². The van der Waals surface area contributed by atoms with Crippen LogP contribution >= 0.6 is 15.9 Å². The van der Waals surface area contributed by atoms with Gasteiger partial charge in [0.2, 0.25) is 0 Å². The van der Waals surface area contributed by atoms with Crippen LogP contribution < -0.4 is 0 Å². The zero-order valence-corrected chi connectivity index (χ0v) is 12.3. The number of hydrogen-bond donors (Lipinski definition) is 1. The van der Waals surface area contributed by atoms with Crippen LogP contribution in [0.15, 0.2) is 34.8 Å². The summed E-state index contributed by atoms with van der Waals surface area (Å²) in [6.07, 6.45) is 3.55. The van der Waals surface area contributed by atoms with Gasteiger partial charge >= 0.3 is 0 Å². The number of aromatic amines is 1. The fourth-order valence-electron chi connectivity index (χ4n) is 2.86. The van der Waals surface area contributed by atoms with Gasteiger partial charge in [-0.15, -0.1) is 0 Å². The van der Waals surface area contributed by atoms with Gasteiger partial charge in [0.05, 0.1) is 15.5 Å². The van der Waals surface area contributed by atoms with Gasteiger partial charge in [-0.25, -0.2) is 9.37 Å². The Balaban J connectivity index is 1.86. The van der Waals surface area contributed by atoms with Crippen molar-refractivity contribution >= 4 is 27.0 Å². The van der Waals surface area contributed by atoms with Crippen LogP contribution in [0.4, 0.5) is 4.39 Å². The fraction of sp³-hybridized carbons (Fsp3) is 0.188. The summed E-state index contributed by atoms with van der Waals surface area (Å²) in [7, 11) is 0. The number of rotatable bonds is 1. The summed E-state index contributed by atoms with van der Waals surface area (Å²) in [5.41, 5.74) is 5.42. The molecule has 0 unspecified atom stereocenters. The molecule has 1 aromatic heterocycles. The van der Waals surface area contributed by atoms with Crippen LogP contribution in [0, 0.1) is 5.82 Å². The fourth-order valence-corrected chi connectivity index (χ4v) is 3.19. The van der Waals surface area contributed by atoms with Gasteiger partial charge in [-0.3, -0.25) is 0 Å². The molecule has 0 aliphatic heterocycles. The van der Waals surface area contributed by atoms with E-state index in [1.165, 1.54) is 30.0 Å². The molecule has 1 N–H and O–H groups in total. The summed E-state index contributed by atoms with van der Waals surface area (Å²) in [6.45, 7) is 0. The lowest BCUT2D eigenvalue weighted by atomic mass is 10.1. The third kappa shape index (κ3) is 1.86. The normalized spacial score (nSPS) is 13.9. The third-order valence-electron chi connectivity index (χ3n) is 3.90. The van der Waals surface area contributed by atoms with E-state index in [2.05, 4.69) is 44.1 Å². The summed E-state index contributed by atoms with van der Waals surface area (Å²) in [6, 6.07) is 9.65. The Kier molecular flexibility index (Phi) is 2.67. The second-order valence-electron chi connectivity index (χ2n) is 5.21. The van der Waals surface area contributed by atoms with Gasteiger partial charge in [0.1, 0.15) is 11.6 Å². The van der Waals surface area contributed by atoms with Gasteiger partial charge in [0.15, 0.2) is 0 Å². The number of aryl methyl sites for hydroxylation is 2. The van der Waals surface area contributed by atoms with Crippen LogP contribution in [0.25, 0.3) is 22.4 Å². The number of benzene rings is 2. The molecule has 0 fully saturated rings. The highest BCUT2D eigenvalue weighted by atomic mass is 79.9. The van der Waals surface area contributed by atoms with Crippen molar-refractivity contribution in [2.75, 3.05) is 0 Å². The Labute approximate surface area is 124 Å². The Morgan fingerprint density at radius 3 is 2.85 bits per heavy atom. The molecule has 0 spiro atoms. The van der Waals surface area contributed by atoms with Gasteiger partial charge in [0, 0.05) is 11.6 Å². The standard InChI is InChI=1S/C16H12BrFN2/c17-12-7-14-15(8-13(12)18)20-16(19-14)11-5-4-9-2-1-3-10(9)6-11/h4-8H,1-3H2,(H,19,20). The van der Waals surface area contributed by atoms with Gasteiger partial charge < -0.3 is 4.98 Å². The molecule has 1 heterocycles. The second kappa shape index (κ2) is 4.42. The van der Waals surface area contributed by atoms with Crippen molar-refractivity contribution in [3.63, 3.8) is 0 Å². The van der Waals surface area contributed by atoms with E-state index in [0.29, 0.717) is 4.47 Å². The molecule has 20 heavy (non-hydrogen) atoms. The molecule has 0 saturated heterocycles. The Hall–Kier alpha value is -1.68. The molecule has 4 heteroatoms. The monoisotopic (exact) mass is 330 g/mol. The predicted octanol–water partition coefficient (Wildman–Crippen LogP) is 4.62. The minimum atomic E-state index is -0.276. The number of aromatic nitrogens is 2. The van der Waals surface area contributed by atoms with Crippen LogP contribution in [-0.2, 0) is 12.8 Å². The summed E-state index contributed by atoms with van der Waals surface area (Å²) >= 11 is 3.19. The van der Waals surface area contributed by atoms with E-state index in [1.54, 1.807) is 6.07 Å². The zero-order valence-electron chi connectivity index (χ0n) is 10.7. The average Bonchev–Trinajstić information content (AvgIpc) is 3.04. The third-order valence-corrected chi connectivity index (χ3v) is 4.50. The highest BCUT2D eigenvalue weighted by Crippen LogP contribution is 2.29. The Bertz CT molecular complexity index is 784. The summed E-state index contributed by atoms with van der Waals surface area (Å²) in [5, 5.41) is 0. The molecule has 0 amide bonds. The van der Waals surface area contributed by atoms with E-state index in [4.69, 9.17) is 0 Å². The van der Waals surface area contributed by atoms with Crippen molar-refractivity contribution < 1.29 is 4.39 Å². The first-order valence-electron chi connectivity index (χ1n) is 6.68. The minimum absolute atomic E-state index is 0.276. The minimum Gasteiger partial charge on any atom is -0.338 e. The number of imidazole rings is 1. The van der Waals surface area contributed by atoms with E-state index in [9.17, 15) is 4.39 Å². The van der Waals surface area contributed by atoms with Crippen molar-refractivity contribution in [2.45, 2.75) is 19.3 Å². The molecule has 0 atom stereocenters. The number of nitrogens with zero attached hydrogens (tertiary/aromatic N) is 1. The lowest BCUT2D eigenvalue weighted by Gasteiger charge is -2.01. The number of halogens is 2. The van der Waals surface area contributed by atoms with Crippen LogP contribution in [-0.4, -0.2) is 9.97 Å². The Morgan fingerprint density at radius 2 is 1.95 bits per heavy atom. The SMILES string of the molecule is Fc1cc2[nH]c(-c3ccc4c(c3)CCC4)nc2cc1Br. The van der Waals surface area contributed by atoms with E-state index in [-0.39, 0.29) is 5.82 Å². The number of hydrogen-bond acceptors (Lipinski definition) is 1. The van der Waals surface area contributed by atoms with Crippen molar-refractivity contribution in [1.29, 1.82) is 0 Å². The maximum Gasteiger partial charge on any atom is 0.139 e. The summed E-state index contributed by atoms with van der Waals surface area (Å²) < 4.78 is 14.0. The summed E-state index contributed by atoms with van der Waals surface area (Å²) in [5.74, 6) is 0.522. The van der Waals surface area contributed by atoms with E-state index in [1.807, 2.05) is 0 Å². The first-order valence-corrected chi connectivity index (χ1v) is 7.47. The molecule has 0 saturated carbocycles. The molecular formula is C16H12BrFN2. The molecule has 100 valence electrons. The lowest BCUT2D eigenvalue weighted by molar-refractivity contribution is 0.623.